The summed E-state index contributed by atoms with van der Waals surface area (Å²) < 4.78 is 45.3. The van der Waals surface area contributed by atoms with Crippen molar-refractivity contribution in [1.29, 1.82) is 0 Å². The molecule has 1 aliphatic heterocycles. The average molecular weight is 535 g/mol. The molecule has 0 unspecified atom stereocenters. The standard InChI is InChI=1S/C20H23F2N3O4.HI/c1-23-20(24-8-7-13-3-6-16-17(9-13)28-12-27-16)25-11-14-4-5-15(26-2)18(10-14)29-19(21)22;/h3-6,9-10,19H,7-8,11-12H2,1-2H3,(H2,23,24,25);1H. The van der Waals surface area contributed by atoms with Crippen LogP contribution in [-0.4, -0.2) is 40.1 Å². The van der Waals surface area contributed by atoms with E-state index in [2.05, 4.69) is 20.4 Å². The lowest BCUT2D eigenvalue weighted by Crippen LogP contribution is -2.37. The van der Waals surface area contributed by atoms with Gasteiger partial charge >= 0.3 is 6.61 Å². The Hall–Kier alpha value is -2.50. The first-order valence-corrected chi connectivity index (χ1v) is 9.04. The molecule has 3 rings (SSSR count). The molecule has 1 heterocycles. The van der Waals surface area contributed by atoms with Gasteiger partial charge in [0.1, 0.15) is 0 Å². The Morgan fingerprint density at radius 1 is 1.07 bits per heavy atom. The molecule has 0 aromatic heterocycles. The van der Waals surface area contributed by atoms with Crippen molar-refractivity contribution in [3.8, 4) is 23.0 Å². The number of nitrogens with one attached hydrogen (secondary N) is 2. The average Bonchev–Trinajstić information content (AvgIpc) is 3.18. The Morgan fingerprint density at radius 3 is 2.57 bits per heavy atom. The number of ether oxygens (including phenoxy) is 4. The zero-order valence-electron chi connectivity index (χ0n) is 16.6. The zero-order valence-corrected chi connectivity index (χ0v) is 18.9. The minimum Gasteiger partial charge on any atom is -0.493 e. The molecule has 1 aliphatic rings. The molecule has 10 heteroatoms. The van der Waals surface area contributed by atoms with E-state index in [1.807, 2.05) is 18.2 Å². The summed E-state index contributed by atoms with van der Waals surface area (Å²) >= 11 is 0. The lowest BCUT2D eigenvalue weighted by molar-refractivity contribution is -0.0512. The van der Waals surface area contributed by atoms with Gasteiger partial charge in [-0.3, -0.25) is 4.99 Å². The monoisotopic (exact) mass is 535 g/mol. The second-order valence-electron chi connectivity index (χ2n) is 6.15. The minimum atomic E-state index is -2.92. The van der Waals surface area contributed by atoms with Crippen molar-refractivity contribution in [3.05, 3.63) is 47.5 Å². The van der Waals surface area contributed by atoms with Crippen LogP contribution in [0.4, 0.5) is 8.78 Å². The van der Waals surface area contributed by atoms with E-state index in [0.29, 0.717) is 19.0 Å². The number of aliphatic imine (C=N–C) groups is 1. The van der Waals surface area contributed by atoms with Crippen LogP contribution in [0.5, 0.6) is 23.0 Å². The Balaban J connectivity index is 0.00000320. The van der Waals surface area contributed by atoms with Crippen LogP contribution in [0.2, 0.25) is 0 Å². The van der Waals surface area contributed by atoms with E-state index >= 15 is 0 Å². The second kappa shape index (κ2) is 11.6. The molecule has 0 saturated heterocycles. The third-order valence-corrected chi connectivity index (χ3v) is 4.27. The smallest absolute Gasteiger partial charge is 0.387 e. The minimum absolute atomic E-state index is 0. The van der Waals surface area contributed by atoms with Gasteiger partial charge in [0.15, 0.2) is 29.0 Å². The van der Waals surface area contributed by atoms with Gasteiger partial charge in [0.25, 0.3) is 0 Å². The van der Waals surface area contributed by atoms with E-state index in [-0.39, 0.29) is 42.3 Å². The highest BCUT2D eigenvalue weighted by Gasteiger charge is 2.13. The van der Waals surface area contributed by atoms with E-state index in [4.69, 9.17) is 14.2 Å². The number of halogens is 3. The summed E-state index contributed by atoms with van der Waals surface area (Å²) in [5.74, 6) is 2.35. The van der Waals surface area contributed by atoms with E-state index in [1.165, 1.54) is 13.2 Å². The molecular weight excluding hydrogens is 511 g/mol. The molecule has 0 radical (unpaired) electrons. The number of rotatable bonds is 8. The summed E-state index contributed by atoms with van der Waals surface area (Å²) in [5.41, 5.74) is 1.86. The van der Waals surface area contributed by atoms with Crippen molar-refractivity contribution in [2.24, 2.45) is 4.99 Å². The van der Waals surface area contributed by atoms with Crippen LogP contribution in [0, 0.1) is 0 Å². The number of guanidine groups is 1. The fourth-order valence-electron chi connectivity index (χ4n) is 2.85. The van der Waals surface area contributed by atoms with Crippen LogP contribution in [0.25, 0.3) is 0 Å². The number of nitrogens with zero attached hydrogens (tertiary/aromatic N) is 1. The quantitative estimate of drug-likeness (QED) is 0.306. The van der Waals surface area contributed by atoms with Gasteiger partial charge in [-0.15, -0.1) is 24.0 Å². The van der Waals surface area contributed by atoms with Crippen LogP contribution in [0.15, 0.2) is 41.4 Å². The summed E-state index contributed by atoms with van der Waals surface area (Å²) in [6.45, 7) is -1.63. The van der Waals surface area contributed by atoms with Gasteiger partial charge < -0.3 is 29.6 Å². The maximum Gasteiger partial charge on any atom is 0.387 e. The molecule has 0 aliphatic carbocycles. The highest BCUT2D eigenvalue weighted by molar-refractivity contribution is 14.0. The van der Waals surface area contributed by atoms with Gasteiger partial charge in [-0.2, -0.15) is 8.78 Å². The largest absolute Gasteiger partial charge is 0.493 e. The summed E-state index contributed by atoms with van der Waals surface area (Å²) in [5, 5.41) is 6.36. The van der Waals surface area contributed by atoms with Gasteiger partial charge in [0.2, 0.25) is 6.79 Å². The molecule has 0 atom stereocenters. The molecule has 2 aromatic carbocycles. The Morgan fingerprint density at radius 2 is 1.83 bits per heavy atom. The fraction of sp³-hybridized carbons (Fsp3) is 0.350. The first-order valence-electron chi connectivity index (χ1n) is 9.04. The van der Waals surface area contributed by atoms with Crippen LogP contribution in [0.3, 0.4) is 0 Å². The lowest BCUT2D eigenvalue weighted by Gasteiger charge is -2.14. The SMILES string of the molecule is CN=C(NCCc1ccc2c(c1)OCO2)NCc1ccc(OC)c(OC(F)F)c1.I. The molecule has 2 N–H and O–H groups in total. The summed E-state index contributed by atoms with van der Waals surface area (Å²) in [7, 11) is 3.06. The third-order valence-electron chi connectivity index (χ3n) is 4.27. The Kier molecular flexibility index (Phi) is 9.21. The highest BCUT2D eigenvalue weighted by Crippen LogP contribution is 2.32. The molecule has 0 amide bonds. The lowest BCUT2D eigenvalue weighted by atomic mass is 10.1. The van der Waals surface area contributed by atoms with E-state index in [1.54, 1.807) is 19.2 Å². The predicted octanol–water partition coefficient (Wildman–Crippen LogP) is 3.55. The van der Waals surface area contributed by atoms with Gasteiger partial charge in [-0.1, -0.05) is 12.1 Å². The maximum atomic E-state index is 12.6. The summed E-state index contributed by atoms with van der Waals surface area (Å²) in [6, 6.07) is 10.7. The fourth-order valence-corrected chi connectivity index (χ4v) is 2.85. The van der Waals surface area contributed by atoms with Crippen molar-refractivity contribution < 1.29 is 27.7 Å². The number of alkyl halides is 2. The first-order chi connectivity index (χ1) is 14.1. The molecule has 30 heavy (non-hydrogen) atoms. The van der Waals surface area contributed by atoms with Crippen LogP contribution >= 0.6 is 24.0 Å². The van der Waals surface area contributed by atoms with E-state index < -0.39 is 6.61 Å². The Labute approximate surface area is 190 Å². The molecule has 0 spiro atoms. The molecule has 164 valence electrons. The van der Waals surface area contributed by atoms with E-state index in [0.717, 1.165) is 29.0 Å². The second-order valence-corrected chi connectivity index (χ2v) is 6.15. The normalized spacial score (nSPS) is 12.4. The molecule has 0 fully saturated rings. The van der Waals surface area contributed by atoms with Crippen molar-refractivity contribution >= 4 is 29.9 Å². The molecule has 2 aromatic rings. The summed E-state index contributed by atoms with van der Waals surface area (Å²) in [4.78, 5) is 4.17. The molecule has 0 bridgehead atoms. The van der Waals surface area contributed by atoms with E-state index in [9.17, 15) is 8.78 Å². The number of benzene rings is 2. The predicted molar refractivity (Wildman–Crippen MR) is 120 cm³/mol. The summed E-state index contributed by atoms with van der Waals surface area (Å²) in [6.07, 6.45) is 0.770. The number of methoxy groups -OCH3 is 1. The van der Waals surface area contributed by atoms with Gasteiger partial charge in [-0.25, -0.2) is 0 Å². The molecule has 7 nitrogen and oxygen atoms in total. The van der Waals surface area contributed by atoms with Crippen molar-refractivity contribution in [3.63, 3.8) is 0 Å². The number of hydrogen-bond acceptors (Lipinski definition) is 5. The maximum absolute atomic E-state index is 12.6. The van der Waals surface area contributed by atoms with Gasteiger partial charge in [-0.05, 0) is 41.8 Å². The zero-order chi connectivity index (χ0) is 20.6. The number of fused-ring (bicyclic) bond motifs is 1. The topological polar surface area (TPSA) is 73.3 Å². The van der Waals surface area contributed by atoms with Crippen molar-refractivity contribution in [2.45, 2.75) is 19.6 Å². The molecule has 0 saturated carbocycles. The number of hydrogen-bond donors (Lipinski definition) is 2. The highest BCUT2D eigenvalue weighted by atomic mass is 127. The van der Waals surface area contributed by atoms with Gasteiger partial charge in [0.05, 0.1) is 7.11 Å². The molecular formula is C20H24F2IN3O4. The Bertz CT molecular complexity index is 868. The first kappa shape index (κ1) is 23.8. The van der Waals surface area contributed by atoms with Crippen molar-refractivity contribution in [1.82, 2.24) is 10.6 Å². The van der Waals surface area contributed by atoms with Crippen LogP contribution < -0.4 is 29.6 Å². The van der Waals surface area contributed by atoms with Crippen LogP contribution in [0.1, 0.15) is 11.1 Å². The van der Waals surface area contributed by atoms with Crippen molar-refractivity contribution in [2.75, 3.05) is 27.5 Å². The van der Waals surface area contributed by atoms with Gasteiger partial charge in [0, 0.05) is 20.1 Å². The third kappa shape index (κ3) is 6.51. The van der Waals surface area contributed by atoms with Crippen LogP contribution in [-0.2, 0) is 13.0 Å².